The van der Waals surface area contributed by atoms with Gasteiger partial charge in [-0.15, -0.1) is 0 Å². The molecule has 1 aliphatic rings. The molecule has 2 aromatic rings. The first-order valence-corrected chi connectivity index (χ1v) is 7.56. The zero-order valence-electron chi connectivity index (χ0n) is 12.8. The summed E-state index contributed by atoms with van der Waals surface area (Å²) in [5.41, 5.74) is 0.721. The van der Waals surface area contributed by atoms with Crippen molar-refractivity contribution in [1.29, 1.82) is 0 Å². The van der Waals surface area contributed by atoms with Crippen molar-refractivity contribution in [2.45, 2.75) is 38.8 Å². The molecule has 0 atom stereocenters. The average molecular weight is 297 g/mol. The zero-order chi connectivity index (χ0) is 15.7. The number of carbonyl (C=O) groups is 1. The second kappa shape index (κ2) is 5.75. The van der Waals surface area contributed by atoms with Crippen LogP contribution in [0.1, 0.15) is 37.2 Å². The Hall–Kier alpha value is -2.43. The Morgan fingerprint density at radius 1 is 1.18 bits per heavy atom. The number of para-hydroxylation sites is 1. The molecule has 1 saturated carbocycles. The Labute approximate surface area is 129 Å². The highest BCUT2D eigenvalue weighted by molar-refractivity contribution is 5.92. The molecule has 22 heavy (non-hydrogen) atoms. The standard InChI is InChI=1S/C17H19N3O2/c1-12(2)19(13-8-9-13)17(22)15-10-11-16(21)20(18-15)14-6-4-3-5-7-14/h3-7,10-13H,8-9H2,1-2H3. The first kappa shape index (κ1) is 14.5. The van der Waals surface area contributed by atoms with E-state index >= 15 is 0 Å². The molecule has 1 aromatic carbocycles. The molecule has 3 rings (SSSR count). The van der Waals surface area contributed by atoms with E-state index in [9.17, 15) is 9.59 Å². The maximum Gasteiger partial charge on any atom is 0.274 e. The third-order valence-electron chi connectivity index (χ3n) is 3.75. The van der Waals surface area contributed by atoms with E-state index in [2.05, 4.69) is 5.10 Å². The van der Waals surface area contributed by atoms with Gasteiger partial charge in [-0.1, -0.05) is 18.2 Å². The minimum absolute atomic E-state index is 0.109. The molecule has 5 heteroatoms. The number of carbonyl (C=O) groups excluding carboxylic acids is 1. The highest BCUT2D eigenvalue weighted by atomic mass is 16.2. The van der Waals surface area contributed by atoms with Gasteiger partial charge in [-0.25, -0.2) is 0 Å². The lowest BCUT2D eigenvalue weighted by Crippen LogP contribution is -2.40. The second-order valence-corrected chi connectivity index (χ2v) is 5.84. The van der Waals surface area contributed by atoms with Gasteiger partial charge in [0.2, 0.25) is 0 Å². The van der Waals surface area contributed by atoms with Gasteiger partial charge >= 0.3 is 0 Å². The van der Waals surface area contributed by atoms with Crippen molar-refractivity contribution >= 4 is 5.91 Å². The van der Waals surface area contributed by atoms with E-state index in [1.807, 2.05) is 36.9 Å². The first-order chi connectivity index (χ1) is 10.6. The topological polar surface area (TPSA) is 55.2 Å². The Kier molecular flexibility index (Phi) is 3.79. The number of aromatic nitrogens is 2. The fraction of sp³-hybridized carbons (Fsp3) is 0.353. The van der Waals surface area contributed by atoms with Gasteiger partial charge in [0, 0.05) is 18.2 Å². The van der Waals surface area contributed by atoms with Crippen LogP contribution in [0.4, 0.5) is 0 Å². The highest BCUT2D eigenvalue weighted by Gasteiger charge is 2.35. The maximum absolute atomic E-state index is 12.7. The van der Waals surface area contributed by atoms with Gasteiger partial charge in [-0.3, -0.25) is 9.59 Å². The summed E-state index contributed by atoms with van der Waals surface area (Å²) in [5, 5.41) is 4.27. The summed E-state index contributed by atoms with van der Waals surface area (Å²) in [6.45, 7) is 4.01. The van der Waals surface area contributed by atoms with Crippen molar-refractivity contribution < 1.29 is 4.79 Å². The summed E-state index contributed by atoms with van der Waals surface area (Å²) in [6, 6.07) is 12.5. The minimum Gasteiger partial charge on any atom is -0.332 e. The fourth-order valence-corrected chi connectivity index (χ4v) is 2.59. The van der Waals surface area contributed by atoms with Crippen molar-refractivity contribution in [3.63, 3.8) is 0 Å². The molecule has 1 aliphatic carbocycles. The summed E-state index contributed by atoms with van der Waals surface area (Å²) >= 11 is 0. The van der Waals surface area contributed by atoms with Gasteiger partial charge in [-0.05, 0) is 44.9 Å². The van der Waals surface area contributed by atoms with Crippen LogP contribution in [0, 0.1) is 0 Å². The molecule has 1 amide bonds. The van der Waals surface area contributed by atoms with Crippen LogP contribution in [-0.4, -0.2) is 32.7 Å². The van der Waals surface area contributed by atoms with E-state index in [0.717, 1.165) is 12.8 Å². The smallest absolute Gasteiger partial charge is 0.274 e. The van der Waals surface area contributed by atoms with Gasteiger partial charge < -0.3 is 4.90 Å². The summed E-state index contributed by atoms with van der Waals surface area (Å²) in [6.07, 6.45) is 2.09. The van der Waals surface area contributed by atoms with Crippen LogP contribution in [0.25, 0.3) is 5.69 Å². The van der Waals surface area contributed by atoms with Crippen LogP contribution < -0.4 is 5.56 Å². The van der Waals surface area contributed by atoms with E-state index in [1.54, 1.807) is 12.1 Å². The second-order valence-electron chi connectivity index (χ2n) is 5.84. The lowest BCUT2D eigenvalue weighted by molar-refractivity contribution is 0.0682. The number of hydrogen-bond donors (Lipinski definition) is 0. The van der Waals surface area contributed by atoms with E-state index in [0.29, 0.717) is 17.4 Å². The summed E-state index contributed by atoms with van der Waals surface area (Å²) in [4.78, 5) is 26.6. The Bertz CT molecular complexity index is 731. The quantitative estimate of drug-likeness (QED) is 0.869. The third-order valence-corrected chi connectivity index (χ3v) is 3.75. The summed E-state index contributed by atoms with van der Waals surface area (Å²) < 4.78 is 1.28. The van der Waals surface area contributed by atoms with Gasteiger partial charge in [0.1, 0.15) is 5.69 Å². The van der Waals surface area contributed by atoms with Crippen LogP contribution in [0.15, 0.2) is 47.3 Å². The molecule has 0 spiro atoms. The number of amides is 1. The fourth-order valence-electron chi connectivity index (χ4n) is 2.59. The molecule has 0 saturated heterocycles. The normalized spacial score (nSPS) is 14.1. The van der Waals surface area contributed by atoms with Crippen molar-refractivity contribution in [2.75, 3.05) is 0 Å². The first-order valence-electron chi connectivity index (χ1n) is 7.56. The summed E-state index contributed by atoms with van der Waals surface area (Å²) in [5.74, 6) is -0.109. The van der Waals surface area contributed by atoms with Gasteiger partial charge in [0.15, 0.2) is 0 Å². The number of benzene rings is 1. The molecule has 0 N–H and O–H groups in total. The van der Waals surface area contributed by atoms with Crippen LogP contribution in [0.3, 0.4) is 0 Å². The Morgan fingerprint density at radius 2 is 1.86 bits per heavy atom. The molecular formula is C17H19N3O2. The maximum atomic E-state index is 12.7. The Balaban J connectivity index is 1.98. The minimum atomic E-state index is -0.245. The predicted molar refractivity (Wildman–Crippen MR) is 84.2 cm³/mol. The van der Waals surface area contributed by atoms with E-state index < -0.39 is 0 Å². The van der Waals surface area contributed by atoms with E-state index in [4.69, 9.17) is 0 Å². The molecule has 0 unspecified atom stereocenters. The lowest BCUT2D eigenvalue weighted by Gasteiger charge is -2.26. The Morgan fingerprint density at radius 3 is 2.45 bits per heavy atom. The van der Waals surface area contributed by atoms with Crippen LogP contribution in [0.5, 0.6) is 0 Å². The van der Waals surface area contributed by atoms with Gasteiger partial charge in [0.25, 0.3) is 11.5 Å². The monoisotopic (exact) mass is 297 g/mol. The average Bonchev–Trinajstić information content (AvgIpc) is 3.33. The van der Waals surface area contributed by atoms with Crippen molar-refractivity contribution in [3.05, 3.63) is 58.5 Å². The molecule has 0 bridgehead atoms. The molecule has 0 radical (unpaired) electrons. The van der Waals surface area contributed by atoms with Crippen LogP contribution >= 0.6 is 0 Å². The van der Waals surface area contributed by atoms with Crippen LogP contribution in [-0.2, 0) is 0 Å². The number of rotatable bonds is 4. The van der Waals surface area contributed by atoms with Crippen molar-refractivity contribution in [2.24, 2.45) is 0 Å². The van der Waals surface area contributed by atoms with Gasteiger partial charge in [-0.2, -0.15) is 9.78 Å². The lowest BCUT2D eigenvalue weighted by atomic mass is 10.2. The highest BCUT2D eigenvalue weighted by Crippen LogP contribution is 2.29. The third kappa shape index (κ3) is 2.79. The molecule has 5 nitrogen and oxygen atoms in total. The zero-order valence-corrected chi connectivity index (χ0v) is 12.8. The van der Waals surface area contributed by atoms with Crippen molar-refractivity contribution in [1.82, 2.24) is 14.7 Å². The SMILES string of the molecule is CC(C)N(C(=O)c1ccc(=O)n(-c2ccccc2)n1)C1CC1. The largest absolute Gasteiger partial charge is 0.332 e. The molecule has 1 fully saturated rings. The van der Waals surface area contributed by atoms with Crippen LogP contribution in [0.2, 0.25) is 0 Å². The molecule has 1 heterocycles. The molecule has 114 valence electrons. The number of nitrogens with zero attached hydrogens (tertiary/aromatic N) is 3. The summed E-state index contributed by atoms with van der Waals surface area (Å²) in [7, 11) is 0. The predicted octanol–water partition coefficient (Wildman–Crippen LogP) is 2.25. The number of hydrogen-bond acceptors (Lipinski definition) is 3. The van der Waals surface area contributed by atoms with Gasteiger partial charge in [0.05, 0.1) is 5.69 Å². The van der Waals surface area contributed by atoms with Crippen molar-refractivity contribution in [3.8, 4) is 5.69 Å². The van der Waals surface area contributed by atoms with E-state index in [-0.39, 0.29) is 17.5 Å². The molecule has 0 aliphatic heterocycles. The molecule has 1 aromatic heterocycles. The van der Waals surface area contributed by atoms with E-state index in [1.165, 1.54) is 16.8 Å². The molecular weight excluding hydrogens is 278 g/mol.